The SMILES string of the molecule is C[O+]=[C-]c1cc2ccccc2s1. The summed E-state index contributed by atoms with van der Waals surface area (Å²) in [5.41, 5.74) is 0. The first-order valence-electron chi connectivity index (χ1n) is 3.68. The van der Waals surface area contributed by atoms with Crippen molar-refractivity contribution >= 4 is 27.7 Å². The van der Waals surface area contributed by atoms with Gasteiger partial charge in [0.2, 0.25) is 13.4 Å². The molecule has 0 bridgehead atoms. The molecule has 0 spiro atoms. The summed E-state index contributed by atoms with van der Waals surface area (Å²) in [5, 5.41) is 1.25. The zero-order valence-corrected chi connectivity index (χ0v) is 7.52. The fraction of sp³-hybridized carbons (Fsp3) is 0.100. The van der Waals surface area contributed by atoms with Crippen LogP contribution in [-0.4, -0.2) is 13.4 Å². The van der Waals surface area contributed by atoms with Crippen molar-refractivity contribution in [3.05, 3.63) is 35.2 Å². The Hall–Kier alpha value is -1.15. The normalized spacial score (nSPS) is 11.4. The van der Waals surface area contributed by atoms with Crippen molar-refractivity contribution < 1.29 is 4.42 Å². The van der Waals surface area contributed by atoms with Gasteiger partial charge in [-0.25, -0.2) is 0 Å². The fourth-order valence-corrected chi connectivity index (χ4v) is 2.07. The predicted molar refractivity (Wildman–Crippen MR) is 52.5 cm³/mol. The highest BCUT2D eigenvalue weighted by molar-refractivity contribution is 7.20. The third-order valence-corrected chi connectivity index (χ3v) is 2.64. The molecule has 1 nitrogen and oxygen atoms in total. The summed E-state index contributed by atoms with van der Waals surface area (Å²) in [6, 6.07) is 10.3. The topological polar surface area (TPSA) is 11.3 Å². The van der Waals surface area contributed by atoms with E-state index in [1.807, 2.05) is 12.1 Å². The summed E-state index contributed by atoms with van der Waals surface area (Å²) < 4.78 is 6.09. The summed E-state index contributed by atoms with van der Waals surface area (Å²) in [6.45, 7) is 0. The molecule has 0 aliphatic rings. The maximum absolute atomic E-state index is 4.82. The van der Waals surface area contributed by atoms with Crippen LogP contribution in [0.1, 0.15) is 4.88 Å². The smallest absolute Gasteiger partial charge is 0.235 e. The van der Waals surface area contributed by atoms with E-state index in [9.17, 15) is 0 Å². The number of carbonyl (C=O) groups excluding carboxylic acids is 1. The van der Waals surface area contributed by atoms with E-state index in [4.69, 9.17) is 4.42 Å². The first-order chi connectivity index (χ1) is 5.90. The highest BCUT2D eigenvalue weighted by Crippen LogP contribution is 2.23. The number of thiophene rings is 1. The average Bonchev–Trinajstić information content (AvgIpc) is 2.47. The van der Waals surface area contributed by atoms with Crippen molar-refractivity contribution in [2.75, 3.05) is 7.11 Å². The molecule has 0 unspecified atom stereocenters. The molecule has 60 valence electrons. The molecule has 2 rings (SSSR count). The van der Waals surface area contributed by atoms with Crippen LogP contribution < -0.4 is 0 Å². The van der Waals surface area contributed by atoms with Crippen LogP contribution in [0.2, 0.25) is 0 Å². The van der Waals surface area contributed by atoms with Crippen LogP contribution in [0.3, 0.4) is 0 Å². The Morgan fingerprint density at radius 3 is 2.92 bits per heavy atom. The summed E-state index contributed by atoms with van der Waals surface area (Å²) in [6.07, 6.45) is 2.82. The van der Waals surface area contributed by atoms with Gasteiger partial charge in [-0.3, -0.25) is 0 Å². The van der Waals surface area contributed by atoms with E-state index in [0.717, 1.165) is 4.88 Å². The van der Waals surface area contributed by atoms with E-state index in [0.29, 0.717) is 0 Å². The predicted octanol–water partition coefficient (Wildman–Crippen LogP) is 2.52. The lowest BCUT2D eigenvalue weighted by Gasteiger charge is -1.85. The van der Waals surface area contributed by atoms with E-state index in [2.05, 4.69) is 24.5 Å². The molecular weight excluding hydrogens is 168 g/mol. The van der Waals surface area contributed by atoms with Crippen LogP contribution in [0.5, 0.6) is 0 Å². The first-order valence-corrected chi connectivity index (χ1v) is 4.49. The van der Waals surface area contributed by atoms with Gasteiger partial charge in [0.05, 0.1) is 0 Å². The molecule has 0 N–H and O–H groups in total. The van der Waals surface area contributed by atoms with Crippen LogP contribution in [0.15, 0.2) is 30.3 Å². The lowest BCUT2D eigenvalue weighted by Crippen LogP contribution is -1.72. The highest BCUT2D eigenvalue weighted by Gasteiger charge is 1.92. The van der Waals surface area contributed by atoms with Crippen molar-refractivity contribution in [2.45, 2.75) is 0 Å². The van der Waals surface area contributed by atoms with Crippen LogP contribution >= 0.6 is 11.3 Å². The molecule has 1 heterocycles. The summed E-state index contributed by atoms with van der Waals surface area (Å²) in [5.74, 6) is 0. The van der Waals surface area contributed by atoms with Gasteiger partial charge in [-0.15, -0.1) is 0 Å². The molecule has 0 saturated carbocycles. The molecular formula is C10H8OS. The van der Waals surface area contributed by atoms with Crippen LogP contribution in [0.25, 0.3) is 10.1 Å². The first kappa shape index (κ1) is 7.50. The van der Waals surface area contributed by atoms with Gasteiger partial charge >= 0.3 is 0 Å². The molecule has 2 heteroatoms. The van der Waals surface area contributed by atoms with Crippen molar-refractivity contribution in [2.24, 2.45) is 0 Å². The number of hydrogen-bond acceptors (Lipinski definition) is 1. The molecule has 0 fully saturated rings. The third kappa shape index (κ3) is 1.25. The lowest BCUT2D eigenvalue weighted by molar-refractivity contribution is 0.186. The molecule has 0 aliphatic carbocycles. The molecule has 2 aromatic rings. The lowest BCUT2D eigenvalue weighted by atomic mass is 10.2. The largest absolute Gasteiger partial charge is 0.353 e. The van der Waals surface area contributed by atoms with Gasteiger partial charge in [0.25, 0.3) is 0 Å². The number of fused-ring (bicyclic) bond motifs is 1. The van der Waals surface area contributed by atoms with Crippen molar-refractivity contribution in [1.82, 2.24) is 0 Å². The highest BCUT2D eigenvalue weighted by atomic mass is 32.1. The van der Waals surface area contributed by atoms with Crippen molar-refractivity contribution in [3.8, 4) is 0 Å². The Balaban J connectivity index is 2.62. The maximum atomic E-state index is 4.82. The van der Waals surface area contributed by atoms with Gasteiger partial charge < -0.3 is 4.42 Å². The quantitative estimate of drug-likeness (QED) is 0.467. The van der Waals surface area contributed by atoms with Crippen LogP contribution in [-0.2, 0) is 4.42 Å². The molecule has 0 radical (unpaired) electrons. The van der Waals surface area contributed by atoms with Gasteiger partial charge in [-0.1, -0.05) is 23.6 Å². The Labute approximate surface area is 75.0 Å². The Morgan fingerprint density at radius 2 is 2.17 bits per heavy atom. The third-order valence-electron chi connectivity index (χ3n) is 1.63. The van der Waals surface area contributed by atoms with Crippen molar-refractivity contribution in [1.29, 1.82) is 0 Å². The zero-order valence-electron chi connectivity index (χ0n) is 6.70. The summed E-state index contributed by atoms with van der Waals surface area (Å²) >= 11 is 1.69. The maximum Gasteiger partial charge on any atom is 0.235 e. The van der Waals surface area contributed by atoms with Crippen LogP contribution in [0.4, 0.5) is 0 Å². The minimum atomic E-state index is 1.04. The molecule has 0 aliphatic heterocycles. The Bertz CT molecular complexity index is 381. The van der Waals surface area contributed by atoms with Gasteiger partial charge in [0.1, 0.15) is 0 Å². The summed E-state index contributed by atoms with van der Waals surface area (Å²) in [7, 11) is 1.62. The van der Waals surface area contributed by atoms with E-state index in [-0.39, 0.29) is 0 Å². The second-order valence-corrected chi connectivity index (χ2v) is 3.54. The van der Waals surface area contributed by atoms with Gasteiger partial charge in [0, 0.05) is 4.70 Å². The zero-order chi connectivity index (χ0) is 8.39. The van der Waals surface area contributed by atoms with E-state index in [1.165, 1.54) is 10.1 Å². The van der Waals surface area contributed by atoms with Crippen molar-refractivity contribution in [3.63, 3.8) is 0 Å². The fourth-order valence-electron chi connectivity index (χ4n) is 1.13. The molecule has 0 amide bonds. The standard InChI is InChI=1S/C10H8OS/c1-11-7-9-6-8-4-2-3-5-10(8)12-9/h2-6H,1H3. The number of benzene rings is 1. The van der Waals surface area contributed by atoms with Gasteiger partial charge in [-0.2, -0.15) is 17.4 Å². The van der Waals surface area contributed by atoms with Crippen LogP contribution in [0, 0.1) is 0 Å². The molecule has 1 aromatic heterocycles. The molecule has 1 aromatic carbocycles. The number of hydrogen-bond donors (Lipinski definition) is 0. The van der Waals surface area contributed by atoms with Gasteiger partial charge in [-0.05, 0) is 10.9 Å². The Morgan fingerprint density at radius 1 is 1.33 bits per heavy atom. The van der Waals surface area contributed by atoms with E-state index >= 15 is 0 Å². The number of rotatable bonds is 1. The monoisotopic (exact) mass is 176 g/mol. The van der Waals surface area contributed by atoms with Gasteiger partial charge in [0.15, 0.2) is 0 Å². The minimum absolute atomic E-state index is 1.04. The molecule has 0 saturated heterocycles. The second kappa shape index (κ2) is 3.07. The Kier molecular flexibility index (Phi) is 1.92. The second-order valence-electron chi connectivity index (χ2n) is 2.45. The summed E-state index contributed by atoms with van der Waals surface area (Å²) in [4.78, 5) is 1.04. The van der Waals surface area contributed by atoms with E-state index in [1.54, 1.807) is 18.4 Å². The van der Waals surface area contributed by atoms with E-state index < -0.39 is 0 Å². The molecule has 12 heavy (non-hydrogen) atoms. The molecule has 0 atom stereocenters. The average molecular weight is 176 g/mol. The minimum Gasteiger partial charge on any atom is -0.353 e.